The van der Waals surface area contributed by atoms with Crippen LogP contribution in [0.3, 0.4) is 0 Å². The van der Waals surface area contributed by atoms with E-state index < -0.39 is 0 Å². The minimum atomic E-state index is -0.352. The number of para-hydroxylation sites is 1. The molecule has 102 valence electrons. The van der Waals surface area contributed by atoms with Gasteiger partial charge < -0.3 is 10.1 Å². The van der Waals surface area contributed by atoms with Crippen molar-refractivity contribution in [3.63, 3.8) is 0 Å². The molecular weight excluding hydrogens is 250 g/mol. The third-order valence-electron chi connectivity index (χ3n) is 2.67. The summed E-state index contributed by atoms with van der Waals surface area (Å²) in [5.74, 6) is -0.352. The lowest BCUT2D eigenvalue weighted by Gasteiger charge is -2.06. The van der Waals surface area contributed by atoms with Crippen LogP contribution in [0.15, 0.2) is 72.4 Å². The lowest BCUT2D eigenvalue weighted by atomic mass is 10.2. The predicted octanol–water partition coefficient (Wildman–Crippen LogP) is 3.75. The van der Waals surface area contributed by atoms with Crippen LogP contribution >= 0.6 is 0 Å². The van der Waals surface area contributed by atoms with Crippen LogP contribution in [0, 0.1) is 0 Å². The lowest BCUT2D eigenvalue weighted by Crippen LogP contribution is -2.04. The first-order valence-corrected chi connectivity index (χ1v) is 6.45. The Morgan fingerprint density at radius 1 is 1.05 bits per heavy atom. The molecule has 2 aromatic rings. The highest BCUT2D eigenvalue weighted by atomic mass is 16.5. The van der Waals surface area contributed by atoms with E-state index in [9.17, 15) is 4.79 Å². The highest BCUT2D eigenvalue weighted by Crippen LogP contribution is 2.09. The largest absolute Gasteiger partial charge is 0.458 e. The Balaban J connectivity index is 1.85. The number of ether oxygens (including phenoxy) is 1. The molecule has 0 aliphatic heterocycles. The molecule has 2 aromatic carbocycles. The number of rotatable bonds is 5. The van der Waals surface area contributed by atoms with E-state index in [0.29, 0.717) is 0 Å². The Morgan fingerprint density at radius 2 is 1.65 bits per heavy atom. The van der Waals surface area contributed by atoms with Gasteiger partial charge in [-0.2, -0.15) is 0 Å². The average molecular weight is 267 g/mol. The number of allylic oxidation sites excluding steroid dienone is 1. The predicted molar refractivity (Wildman–Crippen MR) is 80.1 cm³/mol. The summed E-state index contributed by atoms with van der Waals surface area (Å²) in [5.41, 5.74) is 2.66. The molecule has 3 heteroatoms. The third kappa shape index (κ3) is 4.61. The summed E-state index contributed by atoms with van der Waals surface area (Å²) >= 11 is 0. The molecule has 20 heavy (non-hydrogen) atoms. The molecule has 1 N–H and O–H groups in total. The van der Waals surface area contributed by atoms with Crippen molar-refractivity contribution in [3.05, 3.63) is 78.0 Å². The molecule has 0 spiro atoms. The van der Waals surface area contributed by atoms with Crippen molar-refractivity contribution in [1.82, 2.24) is 0 Å². The minimum absolute atomic E-state index is 0.286. The highest BCUT2D eigenvalue weighted by Gasteiger charge is 2.01. The van der Waals surface area contributed by atoms with E-state index in [1.807, 2.05) is 67.6 Å². The van der Waals surface area contributed by atoms with Gasteiger partial charge in [0, 0.05) is 17.5 Å². The van der Waals surface area contributed by atoms with E-state index in [4.69, 9.17) is 4.74 Å². The maximum atomic E-state index is 11.7. The van der Waals surface area contributed by atoms with Gasteiger partial charge in [-0.25, -0.2) is 4.79 Å². The topological polar surface area (TPSA) is 38.3 Å². The fourth-order valence-corrected chi connectivity index (χ4v) is 1.73. The summed E-state index contributed by atoms with van der Waals surface area (Å²) in [6.07, 6.45) is 1.45. The van der Waals surface area contributed by atoms with Crippen LogP contribution in [0.2, 0.25) is 0 Å². The van der Waals surface area contributed by atoms with Gasteiger partial charge in [0.15, 0.2) is 0 Å². The summed E-state index contributed by atoms with van der Waals surface area (Å²) in [7, 11) is 0. The molecule has 0 saturated heterocycles. The number of anilines is 1. The second-order valence-corrected chi connectivity index (χ2v) is 4.41. The molecule has 0 aliphatic carbocycles. The van der Waals surface area contributed by atoms with Crippen LogP contribution in [0.4, 0.5) is 5.69 Å². The molecule has 0 aromatic heterocycles. The molecule has 0 saturated carbocycles. The summed E-state index contributed by atoms with van der Waals surface area (Å²) in [6.45, 7) is 2.12. The van der Waals surface area contributed by atoms with Gasteiger partial charge >= 0.3 is 5.97 Å². The van der Waals surface area contributed by atoms with E-state index >= 15 is 0 Å². The van der Waals surface area contributed by atoms with Crippen LogP contribution in [0.25, 0.3) is 0 Å². The average Bonchev–Trinajstić information content (AvgIpc) is 2.47. The first-order chi connectivity index (χ1) is 9.74. The molecule has 0 unspecified atom stereocenters. The second kappa shape index (κ2) is 7.14. The summed E-state index contributed by atoms with van der Waals surface area (Å²) in [5, 5.41) is 3.13. The van der Waals surface area contributed by atoms with Crippen LogP contribution in [0.1, 0.15) is 12.5 Å². The molecule has 0 aliphatic rings. The molecule has 0 amide bonds. The van der Waals surface area contributed by atoms with Crippen molar-refractivity contribution in [2.24, 2.45) is 0 Å². The maximum absolute atomic E-state index is 11.7. The quantitative estimate of drug-likeness (QED) is 0.662. The Morgan fingerprint density at radius 3 is 2.30 bits per heavy atom. The minimum Gasteiger partial charge on any atom is -0.458 e. The Kier molecular flexibility index (Phi) is 4.95. The maximum Gasteiger partial charge on any atom is 0.332 e. The SMILES string of the molecule is C/C(=C/C(=O)OCc1ccccc1)Nc1ccccc1. The van der Waals surface area contributed by atoms with Crippen molar-refractivity contribution < 1.29 is 9.53 Å². The van der Waals surface area contributed by atoms with Crippen molar-refractivity contribution >= 4 is 11.7 Å². The Labute approximate surface area is 118 Å². The number of carbonyl (C=O) groups excluding carboxylic acids is 1. The zero-order valence-electron chi connectivity index (χ0n) is 11.4. The molecule has 2 rings (SSSR count). The van der Waals surface area contributed by atoms with Crippen LogP contribution in [-0.2, 0) is 16.1 Å². The monoisotopic (exact) mass is 267 g/mol. The number of hydrogen-bond donors (Lipinski definition) is 1. The molecular formula is C17H17NO2. The Bertz CT molecular complexity index is 576. The van der Waals surface area contributed by atoms with Gasteiger partial charge in [0.25, 0.3) is 0 Å². The van der Waals surface area contributed by atoms with Gasteiger partial charge in [-0.1, -0.05) is 48.5 Å². The third-order valence-corrected chi connectivity index (χ3v) is 2.67. The van der Waals surface area contributed by atoms with Gasteiger partial charge in [0.2, 0.25) is 0 Å². The van der Waals surface area contributed by atoms with Gasteiger partial charge in [0.1, 0.15) is 6.61 Å². The fourth-order valence-electron chi connectivity index (χ4n) is 1.73. The van der Waals surface area contributed by atoms with Crippen molar-refractivity contribution in [1.29, 1.82) is 0 Å². The van der Waals surface area contributed by atoms with Gasteiger partial charge in [-0.15, -0.1) is 0 Å². The first kappa shape index (κ1) is 13.9. The second-order valence-electron chi connectivity index (χ2n) is 4.41. The van der Waals surface area contributed by atoms with E-state index in [1.54, 1.807) is 0 Å². The molecule has 0 bridgehead atoms. The zero-order valence-corrected chi connectivity index (χ0v) is 11.4. The van der Waals surface area contributed by atoms with Crippen LogP contribution in [0.5, 0.6) is 0 Å². The van der Waals surface area contributed by atoms with Crippen LogP contribution < -0.4 is 5.32 Å². The number of hydrogen-bond acceptors (Lipinski definition) is 3. The van der Waals surface area contributed by atoms with E-state index in [1.165, 1.54) is 6.08 Å². The summed E-state index contributed by atoms with van der Waals surface area (Å²) < 4.78 is 5.18. The molecule has 3 nitrogen and oxygen atoms in total. The van der Waals surface area contributed by atoms with Crippen LogP contribution in [-0.4, -0.2) is 5.97 Å². The normalized spacial score (nSPS) is 10.9. The van der Waals surface area contributed by atoms with Crippen molar-refractivity contribution in [2.45, 2.75) is 13.5 Å². The van der Waals surface area contributed by atoms with Gasteiger partial charge in [0.05, 0.1) is 0 Å². The standard InChI is InChI=1S/C17H17NO2/c1-14(18-16-10-6-3-7-11-16)12-17(19)20-13-15-8-4-2-5-9-15/h2-12,18H,13H2,1H3/b14-12-. The smallest absolute Gasteiger partial charge is 0.332 e. The van der Waals surface area contributed by atoms with E-state index in [-0.39, 0.29) is 12.6 Å². The molecule has 0 fully saturated rings. The molecule has 0 heterocycles. The summed E-state index contributed by atoms with van der Waals surface area (Å²) in [4.78, 5) is 11.7. The zero-order chi connectivity index (χ0) is 14.2. The number of esters is 1. The molecule has 0 radical (unpaired) electrons. The first-order valence-electron chi connectivity index (χ1n) is 6.45. The number of nitrogens with one attached hydrogen (secondary N) is 1. The van der Waals surface area contributed by atoms with Gasteiger partial charge in [-0.05, 0) is 24.6 Å². The molecule has 0 atom stereocenters. The lowest BCUT2D eigenvalue weighted by molar-refractivity contribution is -0.139. The van der Waals surface area contributed by atoms with Crippen molar-refractivity contribution in [2.75, 3.05) is 5.32 Å². The Hall–Kier alpha value is -2.55. The van der Waals surface area contributed by atoms with E-state index in [2.05, 4.69) is 5.32 Å². The van der Waals surface area contributed by atoms with E-state index in [0.717, 1.165) is 16.9 Å². The highest BCUT2D eigenvalue weighted by molar-refractivity contribution is 5.83. The fraction of sp³-hybridized carbons (Fsp3) is 0.118. The van der Waals surface area contributed by atoms with Crippen molar-refractivity contribution in [3.8, 4) is 0 Å². The van der Waals surface area contributed by atoms with Gasteiger partial charge in [-0.3, -0.25) is 0 Å². The number of carbonyl (C=O) groups is 1. The summed E-state index contributed by atoms with van der Waals surface area (Å²) in [6, 6.07) is 19.3. The number of benzene rings is 2.